The van der Waals surface area contributed by atoms with Crippen LogP contribution in [0.4, 0.5) is 0 Å². The fourth-order valence-electron chi connectivity index (χ4n) is 4.55. The zero-order chi connectivity index (χ0) is 19.7. The van der Waals surface area contributed by atoms with Crippen LogP contribution in [0.2, 0.25) is 0 Å². The second kappa shape index (κ2) is 12.8. The fourth-order valence-corrected chi connectivity index (χ4v) is 4.55. The second-order valence-electron chi connectivity index (χ2n) is 7.78. The molecule has 1 aliphatic carbocycles. The zero-order valence-electron chi connectivity index (χ0n) is 16.9. The summed E-state index contributed by atoms with van der Waals surface area (Å²) >= 11 is 0. The van der Waals surface area contributed by atoms with Gasteiger partial charge < -0.3 is 0 Å². The van der Waals surface area contributed by atoms with Crippen molar-refractivity contribution in [2.24, 2.45) is 0 Å². The minimum atomic E-state index is -0.343. The maximum atomic E-state index is 4.19. The summed E-state index contributed by atoms with van der Waals surface area (Å²) in [6.45, 7) is 10.7. The Bertz CT molecular complexity index is 1040. The molecule has 0 heteroatoms. The van der Waals surface area contributed by atoms with E-state index in [1.165, 1.54) is 44.5 Å². The molecule has 0 amide bonds. The third-order valence-corrected chi connectivity index (χ3v) is 5.61. The zero-order valence-corrected chi connectivity index (χ0v) is 16.9. The Balaban J connectivity index is 0. The van der Waals surface area contributed by atoms with Crippen molar-refractivity contribution in [3.8, 4) is 0 Å². The number of allylic oxidation sites excluding steroid dienone is 5. The van der Waals surface area contributed by atoms with Crippen molar-refractivity contribution < 1.29 is 0 Å². The summed E-state index contributed by atoms with van der Waals surface area (Å²) in [5, 5.41) is 0. The molecule has 0 saturated heterocycles. The van der Waals surface area contributed by atoms with Crippen LogP contribution in [0.15, 0.2) is 109 Å². The van der Waals surface area contributed by atoms with Gasteiger partial charge in [-0.1, -0.05) is 146 Å². The highest BCUT2D eigenvalue weighted by Gasteiger charge is 2.46. The predicted molar refractivity (Wildman–Crippen MR) is 154 cm³/mol. The summed E-state index contributed by atoms with van der Waals surface area (Å²) in [7, 11) is 0. The Hall–Kier alpha value is -3.12. The lowest BCUT2D eigenvalue weighted by Gasteiger charge is -2.35. The van der Waals surface area contributed by atoms with Gasteiger partial charge in [0.05, 0.1) is 5.41 Å². The van der Waals surface area contributed by atoms with E-state index >= 15 is 0 Å². The molecule has 0 saturated carbocycles. The van der Waals surface area contributed by atoms with Crippen LogP contribution in [0.3, 0.4) is 0 Å². The molecule has 0 N–H and O–H groups in total. The van der Waals surface area contributed by atoms with Crippen LogP contribution in [0.1, 0.15) is 78.8 Å². The molecular weight excluding hydrogens is 396 g/mol. The highest BCUT2D eigenvalue weighted by molar-refractivity contribution is 5.91. The Morgan fingerprint density at radius 3 is 1.64 bits per heavy atom. The lowest BCUT2D eigenvalue weighted by Crippen LogP contribution is -2.29. The number of hydrogen-bond donors (Lipinski definition) is 0. The van der Waals surface area contributed by atoms with E-state index in [-0.39, 0.29) is 42.5 Å². The van der Waals surface area contributed by atoms with Gasteiger partial charge in [-0.2, -0.15) is 0 Å². The van der Waals surface area contributed by atoms with Gasteiger partial charge in [0.2, 0.25) is 0 Å². The Kier molecular flexibility index (Phi) is 12.4. The lowest BCUT2D eigenvalue weighted by atomic mass is 9.66. The van der Waals surface area contributed by atoms with Crippen molar-refractivity contribution in [3.63, 3.8) is 0 Å². The minimum absolute atomic E-state index is 0. The number of benzene rings is 3. The summed E-state index contributed by atoms with van der Waals surface area (Å²) in [4.78, 5) is 0. The highest BCUT2D eigenvalue weighted by Crippen LogP contribution is 2.55. The van der Waals surface area contributed by atoms with Crippen molar-refractivity contribution in [1.29, 1.82) is 0 Å². The monoisotopic (exact) mass is 442 g/mol. The van der Waals surface area contributed by atoms with E-state index in [0.717, 1.165) is 0 Å². The van der Waals surface area contributed by atoms with Crippen LogP contribution >= 0.6 is 0 Å². The number of hydrogen-bond acceptors (Lipinski definition) is 0. The molecule has 178 valence electrons. The molecule has 0 atom stereocenters. The van der Waals surface area contributed by atoms with Crippen molar-refractivity contribution >= 4 is 5.57 Å². The molecule has 0 bridgehead atoms. The van der Waals surface area contributed by atoms with Crippen LogP contribution in [-0.4, -0.2) is 0 Å². The van der Waals surface area contributed by atoms with Crippen LogP contribution in [0.5, 0.6) is 0 Å². The van der Waals surface area contributed by atoms with Gasteiger partial charge in [0.15, 0.2) is 0 Å². The SMILES string of the molecule is C.C.C.C.C.C=CC1=C(C=C(C)C)C(c2ccccc2)(c2ccccc2)c2cc(C)ccc21. The Morgan fingerprint density at radius 2 is 1.21 bits per heavy atom. The number of rotatable bonds is 4. The highest BCUT2D eigenvalue weighted by atomic mass is 14.5. The molecule has 0 fully saturated rings. The molecule has 0 heterocycles. The summed E-state index contributed by atoms with van der Waals surface area (Å²) in [6, 6.07) is 28.6. The van der Waals surface area contributed by atoms with Gasteiger partial charge in [0, 0.05) is 0 Å². The summed E-state index contributed by atoms with van der Waals surface area (Å²) in [6.07, 6.45) is 4.36. The minimum Gasteiger partial charge on any atom is -0.0984 e. The third-order valence-electron chi connectivity index (χ3n) is 5.61. The van der Waals surface area contributed by atoms with Gasteiger partial charge in [-0.15, -0.1) is 0 Å². The van der Waals surface area contributed by atoms with E-state index in [1.54, 1.807) is 0 Å². The molecule has 0 aliphatic heterocycles. The van der Waals surface area contributed by atoms with E-state index < -0.39 is 0 Å². The van der Waals surface area contributed by atoms with E-state index in [4.69, 9.17) is 0 Å². The summed E-state index contributed by atoms with van der Waals surface area (Å²) in [5.74, 6) is 0. The van der Waals surface area contributed by atoms with Gasteiger partial charge in [0.25, 0.3) is 0 Å². The first kappa shape index (κ1) is 32.1. The molecule has 33 heavy (non-hydrogen) atoms. The van der Waals surface area contributed by atoms with Crippen molar-refractivity contribution in [2.75, 3.05) is 0 Å². The molecule has 0 unspecified atom stereocenters. The molecule has 3 aromatic carbocycles. The predicted octanol–water partition coefficient (Wildman–Crippen LogP) is 10.4. The first-order valence-corrected chi connectivity index (χ1v) is 9.83. The van der Waals surface area contributed by atoms with Crippen LogP contribution in [0.25, 0.3) is 5.57 Å². The van der Waals surface area contributed by atoms with Gasteiger partial charge >= 0.3 is 0 Å². The topological polar surface area (TPSA) is 0 Å². The number of aryl methyl sites for hydroxylation is 1. The molecule has 0 spiro atoms. The number of fused-ring (bicyclic) bond motifs is 1. The van der Waals surface area contributed by atoms with Crippen LogP contribution < -0.4 is 0 Å². The van der Waals surface area contributed by atoms with Gasteiger partial charge in [0.1, 0.15) is 0 Å². The van der Waals surface area contributed by atoms with Gasteiger partial charge in [-0.3, -0.25) is 0 Å². The summed E-state index contributed by atoms with van der Waals surface area (Å²) in [5.41, 5.74) is 9.95. The first-order valence-electron chi connectivity index (χ1n) is 9.83. The Morgan fingerprint density at radius 1 is 0.727 bits per heavy atom. The standard InChI is InChI=1S/C28H26.5CH4/c1-5-24-25-17-16-21(4)19-27(25)28(26(24)18-20(2)3,22-12-8-6-9-13-22)23-14-10-7-11-15-23;;;;;/h5-19H,1H2,2-4H3;5*1H4. The van der Waals surface area contributed by atoms with E-state index in [0.29, 0.717) is 0 Å². The normalized spacial score (nSPS) is 12.3. The molecule has 0 radical (unpaired) electrons. The van der Waals surface area contributed by atoms with Gasteiger partial charge in [-0.05, 0) is 54.2 Å². The average molecular weight is 443 g/mol. The third kappa shape index (κ3) is 5.11. The maximum Gasteiger partial charge on any atom is 0.0713 e. The molecule has 0 aromatic heterocycles. The molecule has 4 rings (SSSR count). The maximum absolute atomic E-state index is 4.19. The Labute approximate surface area is 205 Å². The molecule has 1 aliphatic rings. The van der Waals surface area contributed by atoms with Crippen LogP contribution in [0, 0.1) is 6.92 Å². The molecule has 3 aromatic rings. The van der Waals surface area contributed by atoms with Gasteiger partial charge in [-0.25, -0.2) is 0 Å². The van der Waals surface area contributed by atoms with Crippen molar-refractivity contribution in [3.05, 3.63) is 137 Å². The second-order valence-corrected chi connectivity index (χ2v) is 7.78. The van der Waals surface area contributed by atoms with Crippen molar-refractivity contribution in [1.82, 2.24) is 0 Å². The van der Waals surface area contributed by atoms with Crippen molar-refractivity contribution in [2.45, 2.75) is 63.3 Å². The molecule has 0 nitrogen and oxygen atoms in total. The fraction of sp³-hybridized carbons (Fsp3) is 0.273. The average Bonchev–Trinajstić information content (AvgIpc) is 2.98. The lowest BCUT2D eigenvalue weighted by molar-refractivity contribution is 0.759. The smallest absolute Gasteiger partial charge is 0.0713 e. The van der Waals surface area contributed by atoms with Crippen LogP contribution in [-0.2, 0) is 5.41 Å². The molecular formula is C33H46. The quantitative estimate of drug-likeness (QED) is 0.377. The van der Waals surface area contributed by atoms with E-state index in [2.05, 4.69) is 112 Å². The van der Waals surface area contributed by atoms with E-state index in [1.807, 2.05) is 6.08 Å². The van der Waals surface area contributed by atoms with E-state index in [9.17, 15) is 0 Å². The largest absolute Gasteiger partial charge is 0.0984 e. The summed E-state index contributed by atoms with van der Waals surface area (Å²) < 4.78 is 0. The first-order chi connectivity index (χ1) is 13.6.